The monoisotopic (exact) mass is 1060 g/mol. The van der Waals surface area contributed by atoms with Gasteiger partial charge in [0.2, 0.25) is 0 Å². The molecule has 0 fully saturated rings. The van der Waals surface area contributed by atoms with Crippen molar-refractivity contribution in [1.82, 2.24) is 19.9 Å². The Morgan fingerprint density at radius 3 is 1.23 bits per heavy atom. The summed E-state index contributed by atoms with van der Waals surface area (Å²) in [5.74, 6) is 1.43. The van der Waals surface area contributed by atoms with Crippen molar-refractivity contribution in [2.24, 2.45) is 0 Å². The molecule has 388 valence electrons. The minimum Gasteiger partial charge on any atom is -0.334 e. The third-order valence-electron chi connectivity index (χ3n) is 16.7. The molecule has 0 saturated carbocycles. The highest BCUT2D eigenvalue weighted by Gasteiger charge is 2.60. The summed E-state index contributed by atoms with van der Waals surface area (Å²) < 4.78 is 5.53. The highest BCUT2D eigenvalue weighted by atomic mass is 28.3. The van der Waals surface area contributed by atoms with Gasteiger partial charge in [0.25, 0.3) is 8.40 Å². The van der Waals surface area contributed by atoms with Crippen molar-refractivity contribution in [3.05, 3.63) is 314 Å². The van der Waals surface area contributed by atoms with Crippen LogP contribution in [0.5, 0.6) is 0 Å². The van der Waals surface area contributed by atoms with E-state index < -0.39 is 8.40 Å². The van der Waals surface area contributed by atoms with E-state index in [0.29, 0.717) is 12.5 Å². The Morgan fingerprint density at radius 1 is 0.346 bits per heavy atom. The number of hydrogen-bond acceptors (Lipinski definition) is 6. The summed E-state index contributed by atoms with van der Waals surface area (Å²) >= 11 is 0. The fraction of sp³-hybridized carbons (Fsp3) is 0.0811. The summed E-state index contributed by atoms with van der Waals surface area (Å²) in [6, 6.07) is 106. The molecule has 12 aromatic rings. The van der Waals surface area contributed by atoms with E-state index in [1.807, 2.05) is 0 Å². The molecule has 0 aliphatic carbocycles. The Balaban J connectivity index is 1.14. The Bertz CT molecular complexity index is 4060. The second-order valence-electron chi connectivity index (χ2n) is 21.3. The van der Waals surface area contributed by atoms with Gasteiger partial charge in [0.15, 0.2) is 0 Å². The lowest BCUT2D eigenvalue weighted by molar-refractivity contribution is 0.619. The molecule has 3 atom stereocenters. The van der Waals surface area contributed by atoms with Crippen LogP contribution in [0.2, 0.25) is 11.6 Å². The molecule has 3 unspecified atom stereocenters. The third kappa shape index (κ3) is 9.11. The van der Waals surface area contributed by atoms with Crippen molar-refractivity contribution in [3.8, 4) is 67.3 Å². The molecule has 14 rings (SSSR count). The van der Waals surface area contributed by atoms with Crippen molar-refractivity contribution in [1.29, 1.82) is 0 Å². The van der Waals surface area contributed by atoms with Crippen LogP contribution in [0.4, 0.5) is 23.0 Å². The molecule has 6 heterocycles. The van der Waals surface area contributed by atoms with Crippen molar-refractivity contribution in [2.45, 2.75) is 36.8 Å². The van der Waals surface area contributed by atoms with E-state index in [9.17, 15) is 0 Å². The van der Waals surface area contributed by atoms with Crippen LogP contribution in [0, 0.1) is 0 Å². The lowest BCUT2D eigenvalue weighted by Crippen LogP contribution is -2.67. The summed E-state index contributed by atoms with van der Waals surface area (Å²) in [4.78, 5) is 23.2. The molecule has 1 spiro atoms. The summed E-state index contributed by atoms with van der Waals surface area (Å²) in [5.41, 5.74) is 19.4. The SMILES string of the molecule is CC1C(Cc2cccc(-c3ccccc3)n2)c2ccccc2-c2ccccc2C(c2cccc(-c3ccccc3)n2)C[Si]12N(c1cccc(-c3ccccc3)n1)c1ccccc1-c1ccccc1N2c1cccc(-c2ccccc2)n1. The molecule has 7 heteroatoms. The van der Waals surface area contributed by atoms with E-state index in [4.69, 9.17) is 19.9 Å². The molecule has 2 aliphatic rings. The van der Waals surface area contributed by atoms with Gasteiger partial charge < -0.3 is 9.13 Å². The lowest BCUT2D eigenvalue weighted by Gasteiger charge is -2.54. The quantitative estimate of drug-likeness (QED) is 0.134. The molecule has 8 aromatic carbocycles. The molecule has 0 bridgehead atoms. The molecule has 0 N–H and O–H groups in total. The molecule has 0 saturated heterocycles. The van der Waals surface area contributed by atoms with Crippen LogP contribution in [0.3, 0.4) is 0 Å². The second kappa shape index (κ2) is 21.4. The van der Waals surface area contributed by atoms with Crippen LogP contribution >= 0.6 is 0 Å². The summed E-state index contributed by atoms with van der Waals surface area (Å²) in [7, 11) is -3.83. The van der Waals surface area contributed by atoms with Crippen LogP contribution in [0.1, 0.15) is 41.3 Å². The van der Waals surface area contributed by atoms with Crippen LogP contribution in [-0.2, 0) is 6.42 Å². The van der Waals surface area contributed by atoms with Crippen LogP contribution in [0.25, 0.3) is 67.3 Å². The number of fused-ring (bicyclic) bond motifs is 6. The van der Waals surface area contributed by atoms with Crippen molar-refractivity contribution < 1.29 is 0 Å². The van der Waals surface area contributed by atoms with E-state index >= 15 is 0 Å². The van der Waals surface area contributed by atoms with Crippen molar-refractivity contribution in [3.63, 3.8) is 0 Å². The minimum absolute atomic E-state index is 0.0983. The first kappa shape index (κ1) is 49.5. The number of anilines is 4. The van der Waals surface area contributed by atoms with Crippen LogP contribution < -0.4 is 9.13 Å². The van der Waals surface area contributed by atoms with Crippen LogP contribution in [0.15, 0.2) is 291 Å². The Kier molecular flexibility index (Phi) is 13.1. The second-order valence-corrected chi connectivity index (χ2v) is 25.3. The van der Waals surface area contributed by atoms with Crippen molar-refractivity contribution >= 4 is 31.4 Å². The van der Waals surface area contributed by atoms with Gasteiger partial charge in [-0.1, -0.05) is 237 Å². The minimum atomic E-state index is -3.83. The average molecular weight is 1060 g/mol. The normalized spacial score (nSPS) is 16.1. The summed E-state index contributed by atoms with van der Waals surface area (Å²) in [6.07, 6.45) is 0.669. The van der Waals surface area contributed by atoms with E-state index in [2.05, 4.69) is 307 Å². The zero-order chi connectivity index (χ0) is 54.1. The number of para-hydroxylation sites is 2. The van der Waals surface area contributed by atoms with E-state index in [-0.39, 0.29) is 17.4 Å². The molecule has 81 heavy (non-hydrogen) atoms. The number of rotatable bonds is 9. The number of hydrogen-bond donors (Lipinski definition) is 0. The summed E-state index contributed by atoms with van der Waals surface area (Å²) in [6.45, 7) is 2.56. The first-order valence-corrected chi connectivity index (χ1v) is 30.3. The highest BCUT2D eigenvalue weighted by Crippen LogP contribution is 2.60. The molecule has 6 nitrogen and oxygen atoms in total. The fourth-order valence-electron chi connectivity index (χ4n) is 13.0. The zero-order valence-electron chi connectivity index (χ0n) is 45.0. The number of benzene rings is 8. The van der Waals surface area contributed by atoms with Gasteiger partial charge in [-0.05, 0) is 107 Å². The molecule has 4 aromatic heterocycles. The first-order chi connectivity index (χ1) is 40.1. The Hall–Kier alpha value is -9.82. The van der Waals surface area contributed by atoms with Crippen molar-refractivity contribution in [2.75, 3.05) is 9.13 Å². The maximum Gasteiger partial charge on any atom is 0.280 e. The smallest absolute Gasteiger partial charge is 0.280 e. The molecule has 0 radical (unpaired) electrons. The Morgan fingerprint density at radius 2 is 0.728 bits per heavy atom. The van der Waals surface area contributed by atoms with Gasteiger partial charge in [0.1, 0.15) is 11.6 Å². The predicted octanol–water partition coefficient (Wildman–Crippen LogP) is 18.6. The fourth-order valence-corrected chi connectivity index (χ4v) is 19.0. The van der Waals surface area contributed by atoms with Gasteiger partial charge in [0.05, 0.1) is 22.8 Å². The summed E-state index contributed by atoms with van der Waals surface area (Å²) in [5, 5.41) is 0. The van der Waals surface area contributed by atoms with E-state index in [0.717, 1.165) is 90.6 Å². The zero-order valence-corrected chi connectivity index (χ0v) is 46.0. The maximum absolute atomic E-state index is 5.90. The number of nitrogens with zero attached hydrogens (tertiary/aromatic N) is 6. The molecule has 2 aliphatic heterocycles. The largest absolute Gasteiger partial charge is 0.334 e. The topological polar surface area (TPSA) is 58.0 Å². The number of aromatic nitrogens is 4. The lowest BCUT2D eigenvalue weighted by atomic mass is 9.82. The van der Waals surface area contributed by atoms with Crippen LogP contribution in [-0.4, -0.2) is 28.3 Å². The number of pyridine rings is 4. The third-order valence-corrected chi connectivity index (χ3v) is 22.1. The van der Waals surface area contributed by atoms with E-state index in [1.165, 1.54) is 22.3 Å². The van der Waals surface area contributed by atoms with E-state index in [1.54, 1.807) is 0 Å². The molecular weight excluding hydrogens is 1000 g/mol. The van der Waals surface area contributed by atoms with Gasteiger partial charge in [-0.15, -0.1) is 0 Å². The van der Waals surface area contributed by atoms with Gasteiger partial charge >= 0.3 is 0 Å². The highest BCUT2D eigenvalue weighted by molar-refractivity contribution is 6.90. The Labute approximate surface area is 475 Å². The maximum atomic E-state index is 5.90. The predicted molar refractivity (Wildman–Crippen MR) is 335 cm³/mol. The van der Waals surface area contributed by atoms with Gasteiger partial charge in [-0.3, -0.25) is 9.97 Å². The molecular formula is C74H58N6Si. The molecule has 0 amide bonds. The van der Waals surface area contributed by atoms with Gasteiger partial charge in [0, 0.05) is 62.1 Å². The van der Waals surface area contributed by atoms with Gasteiger partial charge in [-0.2, -0.15) is 0 Å². The average Bonchev–Trinajstić information content (AvgIpc) is 2.64. The standard InChI is InChI=1S/C74H58N6Si/c1-52-64(50-57-34-22-41-66(75-57)53-26-6-2-7-27-53)60-37-16-14-35-58(60)59-36-15-17-38-61(59)65(70-45-23-42-67(76-70)54-28-8-3-9-29-54)51-81(52)79(73-48-24-43-68(77-73)55-30-10-4-11-31-55)71-46-20-18-39-62(71)63-40-19-21-47-72(63)80(81)74-49-25-44-69(78-74)56-32-12-5-13-33-56/h2-49,52,64-65H,50-51H2,1H3. The first-order valence-electron chi connectivity index (χ1n) is 28.1. The van der Waals surface area contributed by atoms with Gasteiger partial charge in [-0.25, -0.2) is 9.97 Å².